The molecule has 0 saturated heterocycles. The fourth-order valence-corrected chi connectivity index (χ4v) is 2.96. The van der Waals surface area contributed by atoms with Gasteiger partial charge in [-0.3, -0.25) is 0 Å². The van der Waals surface area contributed by atoms with Gasteiger partial charge in [0.2, 0.25) is 5.28 Å². The van der Waals surface area contributed by atoms with Crippen LogP contribution < -0.4 is 10.9 Å². The molecule has 3 N–H and O–H groups in total. The summed E-state index contributed by atoms with van der Waals surface area (Å²) < 4.78 is 0. The number of anilines is 1. The predicted octanol–water partition coefficient (Wildman–Crippen LogP) is 2.89. The molecule has 1 fully saturated rings. The zero-order valence-corrected chi connectivity index (χ0v) is 12.1. The Labute approximate surface area is 122 Å². The zero-order chi connectivity index (χ0) is 13.8. The van der Waals surface area contributed by atoms with Crippen molar-refractivity contribution in [2.75, 3.05) is 12.0 Å². The van der Waals surface area contributed by atoms with Crippen LogP contribution in [0.4, 0.5) is 5.82 Å². The molecule has 0 atom stereocenters. The lowest BCUT2D eigenvalue weighted by atomic mass is 9.87. The van der Waals surface area contributed by atoms with Crippen molar-refractivity contribution in [2.24, 2.45) is 5.92 Å². The molecular formula is C13H19ClN6. The normalized spacial score (nSPS) is 16.6. The van der Waals surface area contributed by atoms with Gasteiger partial charge < -0.3 is 10.4 Å². The van der Waals surface area contributed by atoms with Crippen LogP contribution in [0.3, 0.4) is 0 Å². The van der Waals surface area contributed by atoms with E-state index in [-0.39, 0.29) is 5.28 Å². The topological polar surface area (TPSA) is 78.5 Å². The largest absolute Gasteiger partial charge is 0.340 e. The highest BCUT2D eigenvalue weighted by Gasteiger charge is 2.13. The maximum Gasteiger partial charge on any atom is 0.226 e. The first-order valence-electron chi connectivity index (χ1n) is 7.18. The summed E-state index contributed by atoms with van der Waals surface area (Å²) in [7, 11) is 0. The second kappa shape index (κ2) is 6.37. The maximum atomic E-state index is 5.87. The highest BCUT2D eigenvalue weighted by molar-refractivity contribution is 6.28. The third-order valence-electron chi connectivity index (χ3n) is 3.87. The average molecular weight is 295 g/mol. The number of hydrogen-bond acceptors (Lipinski definition) is 5. The Bertz CT molecular complexity index is 563. The van der Waals surface area contributed by atoms with Gasteiger partial charge >= 0.3 is 0 Å². The second-order valence-electron chi connectivity index (χ2n) is 5.29. The van der Waals surface area contributed by atoms with Gasteiger partial charge in [-0.2, -0.15) is 9.97 Å². The molecule has 2 heterocycles. The Hall–Kier alpha value is -1.40. The third kappa shape index (κ3) is 3.19. The summed E-state index contributed by atoms with van der Waals surface area (Å²) in [4.78, 5) is 15.3. The summed E-state index contributed by atoms with van der Waals surface area (Å²) >= 11 is 5.87. The number of rotatable bonds is 5. The lowest BCUT2D eigenvalue weighted by Gasteiger charge is -2.21. The minimum absolute atomic E-state index is 0.196. The third-order valence-corrected chi connectivity index (χ3v) is 4.04. The molecule has 6 nitrogen and oxygen atoms in total. The van der Waals surface area contributed by atoms with Crippen molar-refractivity contribution in [3.8, 4) is 0 Å². The van der Waals surface area contributed by atoms with E-state index in [0.29, 0.717) is 11.5 Å². The summed E-state index contributed by atoms with van der Waals surface area (Å²) in [6.07, 6.45) is 9.68. The Morgan fingerprint density at radius 2 is 2.10 bits per heavy atom. The number of H-pyrrole nitrogens is 1. The molecule has 1 aliphatic carbocycles. The Morgan fingerprint density at radius 3 is 2.95 bits per heavy atom. The molecule has 20 heavy (non-hydrogen) atoms. The first kappa shape index (κ1) is 13.6. The van der Waals surface area contributed by atoms with Crippen molar-refractivity contribution in [1.82, 2.24) is 25.4 Å². The molecule has 0 bridgehead atoms. The van der Waals surface area contributed by atoms with Crippen LogP contribution in [0.25, 0.3) is 11.2 Å². The number of hydrazine groups is 1. The van der Waals surface area contributed by atoms with Gasteiger partial charge in [0.1, 0.15) is 5.52 Å². The monoisotopic (exact) mass is 294 g/mol. The van der Waals surface area contributed by atoms with Crippen LogP contribution in [-0.2, 0) is 0 Å². The average Bonchev–Trinajstić information content (AvgIpc) is 2.92. The smallest absolute Gasteiger partial charge is 0.226 e. The summed E-state index contributed by atoms with van der Waals surface area (Å²) in [6, 6.07) is 0. The predicted molar refractivity (Wildman–Crippen MR) is 79.5 cm³/mol. The van der Waals surface area contributed by atoms with E-state index in [2.05, 4.69) is 30.8 Å². The van der Waals surface area contributed by atoms with E-state index < -0.39 is 0 Å². The number of halogens is 1. The van der Waals surface area contributed by atoms with Gasteiger partial charge in [0.15, 0.2) is 11.5 Å². The van der Waals surface area contributed by atoms with Crippen LogP contribution in [0.5, 0.6) is 0 Å². The van der Waals surface area contributed by atoms with E-state index in [1.165, 1.54) is 38.5 Å². The van der Waals surface area contributed by atoms with E-state index >= 15 is 0 Å². The van der Waals surface area contributed by atoms with Crippen LogP contribution in [0.2, 0.25) is 5.28 Å². The van der Waals surface area contributed by atoms with Crippen molar-refractivity contribution in [3.63, 3.8) is 0 Å². The van der Waals surface area contributed by atoms with Gasteiger partial charge in [-0.05, 0) is 23.9 Å². The molecule has 0 unspecified atom stereocenters. The van der Waals surface area contributed by atoms with Crippen molar-refractivity contribution in [2.45, 2.75) is 38.5 Å². The summed E-state index contributed by atoms with van der Waals surface area (Å²) in [6.45, 7) is 0.919. The Balaban J connectivity index is 1.53. The second-order valence-corrected chi connectivity index (χ2v) is 5.62. The van der Waals surface area contributed by atoms with Crippen LogP contribution >= 0.6 is 11.6 Å². The molecule has 0 aliphatic heterocycles. The first-order valence-corrected chi connectivity index (χ1v) is 7.56. The molecule has 1 saturated carbocycles. The maximum absolute atomic E-state index is 5.87. The number of aromatic amines is 1. The van der Waals surface area contributed by atoms with E-state index in [1.54, 1.807) is 6.33 Å². The number of hydrogen-bond donors (Lipinski definition) is 3. The van der Waals surface area contributed by atoms with Crippen molar-refractivity contribution in [3.05, 3.63) is 11.6 Å². The lowest BCUT2D eigenvalue weighted by Crippen LogP contribution is -2.26. The van der Waals surface area contributed by atoms with Gasteiger partial charge in [0.05, 0.1) is 6.33 Å². The minimum Gasteiger partial charge on any atom is -0.340 e. The Kier molecular flexibility index (Phi) is 4.32. The van der Waals surface area contributed by atoms with Crippen LogP contribution in [-0.4, -0.2) is 26.5 Å². The van der Waals surface area contributed by atoms with Crippen LogP contribution in [0.1, 0.15) is 38.5 Å². The first-order chi connectivity index (χ1) is 9.83. The molecule has 7 heteroatoms. The van der Waals surface area contributed by atoms with Gasteiger partial charge in [0, 0.05) is 6.54 Å². The van der Waals surface area contributed by atoms with Crippen molar-refractivity contribution < 1.29 is 0 Å². The minimum atomic E-state index is 0.196. The van der Waals surface area contributed by atoms with Crippen molar-refractivity contribution in [1.29, 1.82) is 0 Å². The molecule has 108 valence electrons. The molecular weight excluding hydrogens is 276 g/mol. The van der Waals surface area contributed by atoms with E-state index in [1.807, 2.05) is 0 Å². The highest BCUT2D eigenvalue weighted by Crippen LogP contribution is 2.25. The molecule has 1 aliphatic rings. The van der Waals surface area contributed by atoms with Gasteiger partial charge in [-0.15, -0.1) is 0 Å². The SMILES string of the molecule is Clc1nc(NNCCC2CCCCC2)c2[nH]cnc2n1. The molecule has 0 amide bonds. The van der Waals surface area contributed by atoms with E-state index in [4.69, 9.17) is 11.6 Å². The van der Waals surface area contributed by atoms with Crippen molar-refractivity contribution >= 4 is 28.6 Å². The number of aromatic nitrogens is 4. The van der Waals surface area contributed by atoms with E-state index in [0.717, 1.165) is 18.0 Å². The highest BCUT2D eigenvalue weighted by atomic mass is 35.5. The number of nitrogens with one attached hydrogen (secondary N) is 3. The van der Waals surface area contributed by atoms with Gasteiger partial charge in [0.25, 0.3) is 0 Å². The summed E-state index contributed by atoms with van der Waals surface area (Å²) in [5, 5.41) is 0.196. The van der Waals surface area contributed by atoms with E-state index in [9.17, 15) is 0 Å². The lowest BCUT2D eigenvalue weighted by molar-refractivity contribution is 0.337. The molecule has 3 rings (SSSR count). The number of fused-ring (bicyclic) bond motifs is 1. The zero-order valence-electron chi connectivity index (χ0n) is 11.3. The number of imidazole rings is 1. The fraction of sp³-hybridized carbons (Fsp3) is 0.615. The van der Waals surface area contributed by atoms with Gasteiger partial charge in [-0.25, -0.2) is 10.4 Å². The number of nitrogens with zero attached hydrogens (tertiary/aromatic N) is 3. The summed E-state index contributed by atoms with van der Waals surface area (Å²) in [5.74, 6) is 1.50. The van der Waals surface area contributed by atoms with Crippen LogP contribution in [0, 0.1) is 5.92 Å². The molecule has 0 spiro atoms. The Morgan fingerprint density at radius 1 is 1.25 bits per heavy atom. The fourth-order valence-electron chi connectivity index (χ4n) is 2.80. The van der Waals surface area contributed by atoms with Gasteiger partial charge in [-0.1, -0.05) is 32.1 Å². The van der Waals surface area contributed by atoms with Crippen LogP contribution in [0.15, 0.2) is 6.33 Å². The standard InChI is InChI=1S/C13H19ClN6/c14-13-18-11-10(15-8-16-11)12(19-13)20-17-7-6-9-4-2-1-3-5-9/h8-9,17H,1-7H2,(H2,15,16,18,19,20). The molecule has 0 aromatic carbocycles. The molecule has 0 radical (unpaired) electrons. The quantitative estimate of drug-likeness (QED) is 0.449. The molecule has 2 aromatic rings. The molecule has 2 aromatic heterocycles. The summed E-state index contributed by atoms with van der Waals surface area (Å²) in [5.41, 5.74) is 7.64.